The second kappa shape index (κ2) is 7.07. The van der Waals surface area contributed by atoms with Crippen LogP contribution in [0.3, 0.4) is 0 Å². The molecule has 2 aromatic rings. The minimum absolute atomic E-state index is 0.106. The Morgan fingerprint density at radius 1 is 1.20 bits per heavy atom. The van der Waals surface area contributed by atoms with Crippen LogP contribution < -0.4 is 10.1 Å². The van der Waals surface area contributed by atoms with Crippen LogP contribution in [0.4, 0.5) is 4.39 Å². The Balaban J connectivity index is 2.20. The predicted octanol–water partition coefficient (Wildman–Crippen LogP) is 4.54. The molecule has 5 heteroatoms. The highest BCUT2D eigenvalue weighted by molar-refractivity contribution is 9.10. The van der Waals surface area contributed by atoms with Gasteiger partial charge >= 0.3 is 0 Å². The van der Waals surface area contributed by atoms with Crippen molar-refractivity contribution in [3.63, 3.8) is 0 Å². The highest BCUT2D eigenvalue weighted by atomic mass is 79.9. The van der Waals surface area contributed by atoms with E-state index in [4.69, 9.17) is 16.3 Å². The molecule has 0 unspecified atom stereocenters. The number of hydrogen-bond acceptors (Lipinski definition) is 2. The van der Waals surface area contributed by atoms with Crippen LogP contribution in [0, 0.1) is 5.82 Å². The molecule has 2 aromatic carbocycles. The van der Waals surface area contributed by atoms with Crippen molar-refractivity contribution in [1.82, 2.24) is 5.32 Å². The Morgan fingerprint density at radius 2 is 1.90 bits per heavy atom. The Bertz CT molecular complexity index is 606. The van der Waals surface area contributed by atoms with Crippen LogP contribution in [-0.4, -0.2) is 7.05 Å². The van der Waals surface area contributed by atoms with E-state index in [2.05, 4.69) is 21.2 Å². The summed E-state index contributed by atoms with van der Waals surface area (Å²) in [6, 6.07) is 10.5. The summed E-state index contributed by atoms with van der Waals surface area (Å²) in [6.07, 6.45) is 0. The molecule has 0 spiro atoms. The van der Waals surface area contributed by atoms with Gasteiger partial charge in [-0.1, -0.05) is 35.9 Å². The van der Waals surface area contributed by atoms with E-state index < -0.39 is 5.82 Å². The molecule has 0 aliphatic rings. The Kier molecular flexibility index (Phi) is 5.40. The second-order valence-corrected chi connectivity index (χ2v) is 5.49. The van der Waals surface area contributed by atoms with Crippen molar-refractivity contribution in [2.24, 2.45) is 0 Å². The van der Waals surface area contributed by atoms with Crippen LogP contribution in [0.25, 0.3) is 0 Å². The Labute approximate surface area is 131 Å². The molecular formula is C15H14BrClFNO. The Hall–Kier alpha value is -1.10. The zero-order chi connectivity index (χ0) is 14.5. The van der Waals surface area contributed by atoms with Crippen LogP contribution in [-0.2, 0) is 13.2 Å². The van der Waals surface area contributed by atoms with Gasteiger partial charge in [-0.05, 0) is 35.1 Å². The first-order valence-corrected chi connectivity index (χ1v) is 7.28. The van der Waals surface area contributed by atoms with Gasteiger partial charge < -0.3 is 10.1 Å². The van der Waals surface area contributed by atoms with Crippen molar-refractivity contribution in [3.8, 4) is 5.75 Å². The smallest absolute Gasteiger partial charge is 0.142 e. The van der Waals surface area contributed by atoms with Gasteiger partial charge in [-0.2, -0.15) is 0 Å². The number of halogens is 3. The van der Waals surface area contributed by atoms with E-state index in [1.54, 1.807) is 12.1 Å². The number of ether oxygens (including phenoxy) is 1. The first-order chi connectivity index (χ1) is 9.63. The molecule has 0 amide bonds. The van der Waals surface area contributed by atoms with Crippen LogP contribution in [0.2, 0.25) is 5.02 Å². The van der Waals surface area contributed by atoms with Gasteiger partial charge in [-0.15, -0.1) is 0 Å². The summed E-state index contributed by atoms with van der Waals surface area (Å²) in [5.74, 6) is 0.303. The van der Waals surface area contributed by atoms with E-state index in [-0.39, 0.29) is 11.6 Å². The van der Waals surface area contributed by atoms with Gasteiger partial charge in [0.25, 0.3) is 0 Å². The summed E-state index contributed by atoms with van der Waals surface area (Å²) in [7, 11) is 1.87. The maximum absolute atomic E-state index is 13.4. The van der Waals surface area contributed by atoms with E-state index >= 15 is 0 Å². The molecule has 2 rings (SSSR count). The number of hydrogen-bond donors (Lipinski definition) is 1. The van der Waals surface area contributed by atoms with Gasteiger partial charge in [0, 0.05) is 17.7 Å². The third-order valence-electron chi connectivity index (χ3n) is 2.82. The van der Waals surface area contributed by atoms with Crippen molar-refractivity contribution in [2.45, 2.75) is 13.2 Å². The van der Waals surface area contributed by atoms with Crippen LogP contribution in [0.1, 0.15) is 11.1 Å². The van der Waals surface area contributed by atoms with Gasteiger partial charge in [0.05, 0.1) is 9.50 Å². The van der Waals surface area contributed by atoms with Crippen LogP contribution in [0.15, 0.2) is 40.9 Å². The van der Waals surface area contributed by atoms with Crippen LogP contribution >= 0.6 is 27.5 Å². The van der Waals surface area contributed by atoms with Crippen LogP contribution in [0.5, 0.6) is 5.75 Å². The maximum atomic E-state index is 13.4. The van der Waals surface area contributed by atoms with E-state index in [1.165, 1.54) is 6.07 Å². The first kappa shape index (κ1) is 15.3. The van der Waals surface area contributed by atoms with Crippen molar-refractivity contribution < 1.29 is 9.13 Å². The number of rotatable bonds is 5. The van der Waals surface area contributed by atoms with Gasteiger partial charge in [0.15, 0.2) is 0 Å². The standard InChI is InChI=1S/C15H14BrClFNO/c1-19-8-10-4-2-6-12(16)15(10)20-9-11-5-3-7-13(18)14(11)17/h2-7,19H,8-9H2,1H3. The van der Waals surface area contributed by atoms with Crippen molar-refractivity contribution in [2.75, 3.05) is 7.05 Å². The summed E-state index contributed by atoms with van der Waals surface area (Å²) in [6.45, 7) is 0.904. The van der Waals surface area contributed by atoms with Crippen molar-refractivity contribution in [3.05, 3.63) is 62.8 Å². The third-order valence-corrected chi connectivity index (χ3v) is 3.87. The van der Waals surface area contributed by atoms with E-state index in [0.717, 1.165) is 15.8 Å². The minimum atomic E-state index is -0.435. The molecule has 0 aromatic heterocycles. The SMILES string of the molecule is CNCc1cccc(Br)c1OCc1cccc(F)c1Cl. The second-order valence-electron chi connectivity index (χ2n) is 4.26. The highest BCUT2D eigenvalue weighted by Gasteiger charge is 2.10. The average molecular weight is 359 g/mol. The summed E-state index contributed by atoms with van der Waals surface area (Å²) in [5, 5.41) is 3.19. The molecule has 0 aliphatic carbocycles. The quantitative estimate of drug-likeness (QED) is 0.847. The van der Waals surface area contributed by atoms with E-state index in [0.29, 0.717) is 12.1 Å². The van der Waals surface area contributed by atoms with Gasteiger partial charge in [-0.25, -0.2) is 4.39 Å². The third kappa shape index (κ3) is 3.51. The summed E-state index contributed by atoms with van der Waals surface area (Å²) < 4.78 is 20.0. The van der Waals surface area contributed by atoms with E-state index in [1.807, 2.05) is 25.2 Å². The fourth-order valence-electron chi connectivity index (χ4n) is 1.85. The van der Waals surface area contributed by atoms with E-state index in [9.17, 15) is 4.39 Å². The van der Waals surface area contributed by atoms with Crippen molar-refractivity contribution >= 4 is 27.5 Å². The summed E-state index contributed by atoms with van der Waals surface area (Å²) in [4.78, 5) is 0. The highest BCUT2D eigenvalue weighted by Crippen LogP contribution is 2.30. The molecule has 0 saturated heterocycles. The molecule has 0 bridgehead atoms. The fourth-order valence-corrected chi connectivity index (χ4v) is 2.56. The monoisotopic (exact) mass is 357 g/mol. The summed E-state index contributed by atoms with van der Waals surface area (Å²) in [5.41, 5.74) is 1.65. The molecule has 0 fully saturated rings. The molecule has 2 nitrogen and oxygen atoms in total. The molecule has 106 valence electrons. The lowest BCUT2D eigenvalue weighted by molar-refractivity contribution is 0.300. The Morgan fingerprint density at radius 3 is 2.65 bits per heavy atom. The van der Waals surface area contributed by atoms with Crippen molar-refractivity contribution in [1.29, 1.82) is 0 Å². The maximum Gasteiger partial charge on any atom is 0.142 e. The zero-order valence-electron chi connectivity index (χ0n) is 10.9. The lowest BCUT2D eigenvalue weighted by Gasteiger charge is -2.14. The number of nitrogens with one attached hydrogen (secondary N) is 1. The van der Waals surface area contributed by atoms with Gasteiger partial charge in [-0.3, -0.25) is 0 Å². The number of benzene rings is 2. The average Bonchev–Trinajstić information content (AvgIpc) is 2.43. The number of para-hydroxylation sites is 1. The topological polar surface area (TPSA) is 21.3 Å². The van der Waals surface area contributed by atoms with Gasteiger partial charge in [0.1, 0.15) is 18.2 Å². The lowest BCUT2D eigenvalue weighted by atomic mass is 10.2. The molecule has 0 saturated carbocycles. The molecule has 20 heavy (non-hydrogen) atoms. The predicted molar refractivity (Wildman–Crippen MR) is 82.6 cm³/mol. The molecular weight excluding hydrogens is 345 g/mol. The van der Waals surface area contributed by atoms with Gasteiger partial charge in [0.2, 0.25) is 0 Å². The summed E-state index contributed by atoms with van der Waals surface area (Å²) >= 11 is 9.38. The first-order valence-electron chi connectivity index (χ1n) is 6.11. The lowest BCUT2D eigenvalue weighted by Crippen LogP contribution is -2.08. The minimum Gasteiger partial charge on any atom is -0.487 e. The normalized spacial score (nSPS) is 10.6. The fraction of sp³-hybridized carbons (Fsp3) is 0.200. The largest absolute Gasteiger partial charge is 0.487 e. The zero-order valence-corrected chi connectivity index (χ0v) is 13.3. The molecule has 1 N–H and O–H groups in total. The molecule has 0 aliphatic heterocycles. The molecule has 0 atom stereocenters. The molecule has 0 heterocycles. The molecule has 0 radical (unpaired) electrons.